The molecule has 2 aromatic rings. The summed E-state index contributed by atoms with van der Waals surface area (Å²) in [6.07, 6.45) is 6.61. The first-order chi connectivity index (χ1) is 8.83. The summed E-state index contributed by atoms with van der Waals surface area (Å²) >= 11 is 0. The van der Waals surface area contributed by atoms with E-state index in [1.165, 1.54) is 29.5 Å². The molecule has 2 heterocycles. The minimum Gasteiger partial charge on any atom is -0.315 e. The number of nitrogens with zero attached hydrogens (tertiary/aromatic N) is 2. The van der Waals surface area contributed by atoms with Crippen LogP contribution in [0.4, 0.5) is 0 Å². The molecule has 1 aromatic heterocycles. The van der Waals surface area contributed by atoms with Crippen molar-refractivity contribution in [1.82, 2.24) is 15.1 Å². The van der Waals surface area contributed by atoms with Gasteiger partial charge in [-0.3, -0.25) is 4.68 Å². The summed E-state index contributed by atoms with van der Waals surface area (Å²) in [7, 11) is 0. The van der Waals surface area contributed by atoms with Gasteiger partial charge in [0.2, 0.25) is 0 Å². The van der Waals surface area contributed by atoms with Crippen molar-refractivity contribution in [2.45, 2.75) is 25.8 Å². The molecule has 1 N–H and O–H groups in total. The lowest BCUT2D eigenvalue weighted by molar-refractivity contribution is 0.347. The molecule has 0 bridgehead atoms. The molecule has 0 aliphatic carbocycles. The van der Waals surface area contributed by atoms with Gasteiger partial charge in [0.1, 0.15) is 0 Å². The average Bonchev–Trinajstić information content (AvgIpc) is 2.89. The zero-order valence-corrected chi connectivity index (χ0v) is 10.8. The molecule has 1 fully saturated rings. The van der Waals surface area contributed by atoms with Crippen molar-refractivity contribution in [3.63, 3.8) is 0 Å². The molecule has 3 rings (SSSR count). The Kier molecular flexibility index (Phi) is 3.15. The number of hydrogen-bond acceptors (Lipinski definition) is 2. The number of aryl methyl sites for hydroxylation is 1. The number of benzene rings is 1. The van der Waals surface area contributed by atoms with Crippen molar-refractivity contribution >= 4 is 0 Å². The lowest BCUT2D eigenvalue weighted by Gasteiger charge is -2.22. The summed E-state index contributed by atoms with van der Waals surface area (Å²) in [6, 6.07) is 9.09. The topological polar surface area (TPSA) is 29.9 Å². The molecule has 0 saturated carbocycles. The van der Waals surface area contributed by atoms with Crippen molar-refractivity contribution in [2.24, 2.45) is 0 Å². The van der Waals surface area contributed by atoms with E-state index in [9.17, 15) is 0 Å². The standard InChI is InChI=1S/C15H19N3/c1-12-4-2-5-13(8-12)14-9-17-18(11-14)15-6-3-7-16-10-15/h2,4-5,8-9,11,15-16H,3,6-7,10H2,1H3. The molecule has 0 radical (unpaired) electrons. The van der Waals surface area contributed by atoms with Crippen LogP contribution in [-0.2, 0) is 0 Å². The van der Waals surface area contributed by atoms with Gasteiger partial charge >= 0.3 is 0 Å². The van der Waals surface area contributed by atoms with Crippen LogP contribution >= 0.6 is 0 Å². The molecule has 1 aliphatic heterocycles. The van der Waals surface area contributed by atoms with Gasteiger partial charge in [0.05, 0.1) is 12.2 Å². The predicted octanol–water partition coefficient (Wildman–Crippen LogP) is 2.78. The van der Waals surface area contributed by atoms with Gasteiger partial charge in [0.15, 0.2) is 0 Å². The highest BCUT2D eigenvalue weighted by Crippen LogP contribution is 2.23. The van der Waals surface area contributed by atoms with Gasteiger partial charge in [-0.25, -0.2) is 0 Å². The molecule has 1 unspecified atom stereocenters. The van der Waals surface area contributed by atoms with Gasteiger partial charge in [-0.1, -0.05) is 29.8 Å². The average molecular weight is 241 g/mol. The second-order valence-electron chi connectivity index (χ2n) is 5.08. The highest BCUT2D eigenvalue weighted by molar-refractivity contribution is 5.62. The van der Waals surface area contributed by atoms with Crippen LogP contribution in [0.1, 0.15) is 24.4 Å². The quantitative estimate of drug-likeness (QED) is 0.876. The maximum atomic E-state index is 4.52. The molecule has 0 spiro atoms. The fourth-order valence-electron chi connectivity index (χ4n) is 2.57. The molecule has 94 valence electrons. The van der Waals surface area contributed by atoms with Gasteiger partial charge in [0, 0.05) is 18.3 Å². The van der Waals surface area contributed by atoms with Crippen LogP contribution in [0.15, 0.2) is 36.7 Å². The van der Waals surface area contributed by atoms with Crippen molar-refractivity contribution in [3.8, 4) is 11.1 Å². The Hall–Kier alpha value is -1.61. The monoisotopic (exact) mass is 241 g/mol. The molecule has 1 aliphatic rings. The second-order valence-corrected chi connectivity index (χ2v) is 5.08. The summed E-state index contributed by atoms with van der Waals surface area (Å²) in [5, 5.41) is 7.95. The number of rotatable bonds is 2. The fourth-order valence-corrected chi connectivity index (χ4v) is 2.57. The summed E-state index contributed by atoms with van der Waals surface area (Å²) in [5.41, 5.74) is 3.76. The Labute approximate surface area is 108 Å². The molecule has 3 heteroatoms. The molecule has 18 heavy (non-hydrogen) atoms. The van der Waals surface area contributed by atoms with E-state index < -0.39 is 0 Å². The van der Waals surface area contributed by atoms with E-state index in [0.717, 1.165) is 13.1 Å². The van der Waals surface area contributed by atoms with E-state index in [4.69, 9.17) is 0 Å². The van der Waals surface area contributed by atoms with E-state index >= 15 is 0 Å². The lowest BCUT2D eigenvalue weighted by atomic mass is 10.1. The van der Waals surface area contributed by atoms with E-state index in [1.54, 1.807) is 0 Å². The first-order valence-electron chi connectivity index (χ1n) is 6.65. The molecular weight excluding hydrogens is 222 g/mol. The van der Waals surface area contributed by atoms with Gasteiger partial charge in [-0.05, 0) is 31.9 Å². The SMILES string of the molecule is Cc1cccc(-c2cnn(C3CCCNC3)c2)c1. The Bertz CT molecular complexity index is 524. The third-order valence-corrected chi connectivity index (χ3v) is 3.60. The van der Waals surface area contributed by atoms with Crippen LogP contribution in [0.25, 0.3) is 11.1 Å². The number of aromatic nitrogens is 2. The number of piperidine rings is 1. The third kappa shape index (κ3) is 2.31. The van der Waals surface area contributed by atoms with Gasteiger partial charge < -0.3 is 5.32 Å². The summed E-state index contributed by atoms with van der Waals surface area (Å²) in [6.45, 7) is 4.30. The molecule has 1 atom stereocenters. The van der Waals surface area contributed by atoms with Crippen LogP contribution in [0.5, 0.6) is 0 Å². The van der Waals surface area contributed by atoms with Crippen molar-refractivity contribution in [2.75, 3.05) is 13.1 Å². The normalized spacial score (nSPS) is 19.9. The van der Waals surface area contributed by atoms with E-state index in [0.29, 0.717) is 6.04 Å². The van der Waals surface area contributed by atoms with Crippen molar-refractivity contribution in [1.29, 1.82) is 0 Å². The Morgan fingerprint density at radius 1 is 1.33 bits per heavy atom. The smallest absolute Gasteiger partial charge is 0.0644 e. The van der Waals surface area contributed by atoms with Crippen LogP contribution in [0.3, 0.4) is 0 Å². The second kappa shape index (κ2) is 4.94. The fraction of sp³-hybridized carbons (Fsp3) is 0.400. The molecule has 3 nitrogen and oxygen atoms in total. The first kappa shape index (κ1) is 11.5. The molecular formula is C15H19N3. The maximum Gasteiger partial charge on any atom is 0.0644 e. The molecule has 1 saturated heterocycles. The minimum atomic E-state index is 0.511. The van der Waals surface area contributed by atoms with Crippen LogP contribution in [-0.4, -0.2) is 22.9 Å². The minimum absolute atomic E-state index is 0.511. The van der Waals surface area contributed by atoms with Crippen LogP contribution in [0.2, 0.25) is 0 Å². The number of nitrogens with one attached hydrogen (secondary N) is 1. The first-order valence-corrected chi connectivity index (χ1v) is 6.65. The highest BCUT2D eigenvalue weighted by atomic mass is 15.3. The van der Waals surface area contributed by atoms with Gasteiger partial charge in [0.25, 0.3) is 0 Å². The Morgan fingerprint density at radius 2 is 2.28 bits per heavy atom. The summed E-state index contributed by atoms with van der Waals surface area (Å²) in [4.78, 5) is 0. The van der Waals surface area contributed by atoms with Crippen LogP contribution in [0, 0.1) is 6.92 Å². The summed E-state index contributed by atoms with van der Waals surface area (Å²) < 4.78 is 2.11. The Balaban J connectivity index is 1.84. The molecule has 1 aromatic carbocycles. The Morgan fingerprint density at radius 3 is 3.06 bits per heavy atom. The van der Waals surface area contributed by atoms with E-state index in [1.807, 2.05) is 6.20 Å². The highest BCUT2D eigenvalue weighted by Gasteiger charge is 2.15. The maximum absolute atomic E-state index is 4.52. The summed E-state index contributed by atoms with van der Waals surface area (Å²) in [5.74, 6) is 0. The zero-order valence-electron chi connectivity index (χ0n) is 10.8. The van der Waals surface area contributed by atoms with E-state index in [-0.39, 0.29) is 0 Å². The van der Waals surface area contributed by atoms with Crippen molar-refractivity contribution in [3.05, 3.63) is 42.2 Å². The predicted molar refractivity (Wildman–Crippen MR) is 73.5 cm³/mol. The van der Waals surface area contributed by atoms with E-state index in [2.05, 4.69) is 52.5 Å². The molecule has 0 amide bonds. The number of hydrogen-bond donors (Lipinski definition) is 1. The largest absolute Gasteiger partial charge is 0.315 e. The van der Waals surface area contributed by atoms with Crippen LogP contribution < -0.4 is 5.32 Å². The van der Waals surface area contributed by atoms with Crippen molar-refractivity contribution < 1.29 is 0 Å². The zero-order chi connectivity index (χ0) is 12.4. The lowest BCUT2D eigenvalue weighted by Crippen LogP contribution is -2.31. The van der Waals surface area contributed by atoms with Gasteiger partial charge in [-0.15, -0.1) is 0 Å². The third-order valence-electron chi connectivity index (χ3n) is 3.60. The van der Waals surface area contributed by atoms with Gasteiger partial charge in [-0.2, -0.15) is 5.10 Å².